The van der Waals surface area contributed by atoms with Gasteiger partial charge in [-0.25, -0.2) is 0 Å². The van der Waals surface area contributed by atoms with Gasteiger partial charge in [-0.15, -0.1) is 11.3 Å². The zero-order valence-corrected chi connectivity index (χ0v) is 16.7. The number of thiophene rings is 1. The maximum absolute atomic E-state index is 12.9. The molecule has 2 amide bonds. The van der Waals surface area contributed by atoms with Crippen molar-refractivity contribution >= 4 is 23.2 Å². The van der Waals surface area contributed by atoms with E-state index in [0.29, 0.717) is 32.6 Å². The van der Waals surface area contributed by atoms with Crippen LogP contribution in [0.4, 0.5) is 0 Å². The molecule has 1 aliphatic heterocycles. The van der Waals surface area contributed by atoms with Gasteiger partial charge in [-0.2, -0.15) is 0 Å². The molecule has 1 aliphatic carbocycles. The van der Waals surface area contributed by atoms with Crippen molar-refractivity contribution in [2.45, 2.75) is 25.9 Å². The number of methoxy groups -OCH3 is 1. The van der Waals surface area contributed by atoms with Crippen LogP contribution >= 0.6 is 11.3 Å². The summed E-state index contributed by atoms with van der Waals surface area (Å²) in [5, 5.41) is 2.04. The van der Waals surface area contributed by atoms with Crippen LogP contribution < -0.4 is 4.74 Å². The number of para-hydroxylation sites is 1. The molecular weight excluding hydrogens is 372 g/mol. The van der Waals surface area contributed by atoms with E-state index in [2.05, 4.69) is 11.0 Å². The first-order valence-corrected chi connectivity index (χ1v) is 10.4. The van der Waals surface area contributed by atoms with Crippen LogP contribution in [-0.4, -0.2) is 35.4 Å². The molecule has 146 valence electrons. The Morgan fingerprint density at radius 3 is 2.39 bits per heavy atom. The number of likely N-dealkylation sites (tertiary alicyclic amines) is 1. The van der Waals surface area contributed by atoms with Gasteiger partial charge in [0.15, 0.2) is 0 Å². The smallest absolute Gasteiger partial charge is 0.234 e. The Hall–Kier alpha value is -2.44. The van der Waals surface area contributed by atoms with Gasteiger partial charge in [0.1, 0.15) is 5.75 Å². The second kappa shape index (κ2) is 8.29. The molecule has 0 spiro atoms. The highest BCUT2D eigenvalue weighted by atomic mass is 32.1. The molecule has 5 nitrogen and oxygen atoms in total. The third kappa shape index (κ3) is 3.75. The topological polar surface area (TPSA) is 49.9 Å². The van der Waals surface area contributed by atoms with E-state index in [1.165, 1.54) is 9.78 Å². The van der Waals surface area contributed by atoms with Crippen molar-refractivity contribution in [1.82, 2.24) is 9.80 Å². The number of hydrogen-bond donors (Lipinski definition) is 0. The van der Waals surface area contributed by atoms with E-state index in [4.69, 9.17) is 4.74 Å². The van der Waals surface area contributed by atoms with Crippen LogP contribution in [0.3, 0.4) is 0 Å². The molecule has 2 heterocycles. The molecule has 0 saturated carbocycles. The van der Waals surface area contributed by atoms with Crippen LogP contribution in [0.2, 0.25) is 0 Å². The molecule has 2 aliphatic rings. The first kappa shape index (κ1) is 18.9. The highest BCUT2D eigenvalue weighted by molar-refractivity contribution is 7.09. The van der Waals surface area contributed by atoms with Gasteiger partial charge in [-0.3, -0.25) is 19.4 Å². The van der Waals surface area contributed by atoms with Crippen molar-refractivity contribution in [2.24, 2.45) is 11.8 Å². The monoisotopic (exact) mass is 396 g/mol. The number of ether oxygens (including phenoxy) is 1. The number of hydrogen-bond acceptors (Lipinski definition) is 5. The van der Waals surface area contributed by atoms with Gasteiger partial charge in [0, 0.05) is 23.5 Å². The van der Waals surface area contributed by atoms with E-state index in [1.807, 2.05) is 47.9 Å². The molecule has 28 heavy (non-hydrogen) atoms. The molecule has 0 bridgehead atoms. The lowest BCUT2D eigenvalue weighted by Gasteiger charge is -2.27. The molecule has 1 fully saturated rings. The van der Waals surface area contributed by atoms with Crippen LogP contribution in [0.1, 0.15) is 23.3 Å². The second-order valence-electron chi connectivity index (χ2n) is 7.28. The molecule has 4 rings (SSSR count). The molecule has 0 radical (unpaired) electrons. The van der Waals surface area contributed by atoms with Gasteiger partial charge in [-0.05, 0) is 30.4 Å². The number of nitrogens with zero attached hydrogens (tertiary/aromatic N) is 2. The molecular formula is C22H24N2O3S. The third-order valence-corrected chi connectivity index (χ3v) is 6.35. The molecule has 2 atom stereocenters. The predicted octanol–water partition coefficient (Wildman–Crippen LogP) is 3.67. The van der Waals surface area contributed by atoms with Crippen LogP contribution in [0.15, 0.2) is 53.9 Å². The summed E-state index contributed by atoms with van der Waals surface area (Å²) in [6.07, 6.45) is 5.38. The molecule has 1 saturated heterocycles. The van der Waals surface area contributed by atoms with Gasteiger partial charge in [0.25, 0.3) is 0 Å². The Labute approximate surface area is 169 Å². The van der Waals surface area contributed by atoms with Gasteiger partial charge in [0.05, 0.1) is 25.6 Å². The van der Waals surface area contributed by atoms with E-state index < -0.39 is 0 Å². The summed E-state index contributed by atoms with van der Waals surface area (Å²) >= 11 is 1.68. The van der Waals surface area contributed by atoms with E-state index in [-0.39, 0.29) is 23.7 Å². The van der Waals surface area contributed by atoms with Crippen molar-refractivity contribution in [1.29, 1.82) is 0 Å². The molecule has 6 heteroatoms. The second-order valence-corrected chi connectivity index (χ2v) is 8.31. The minimum absolute atomic E-state index is 0.0319. The highest BCUT2D eigenvalue weighted by Gasteiger charge is 2.47. The largest absolute Gasteiger partial charge is 0.496 e. The first-order valence-electron chi connectivity index (χ1n) is 9.54. The number of imide groups is 1. The quantitative estimate of drug-likeness (QED) is 0.529. The van der Waals surface area contributed by atoms with Crippen LogP contribution in [0, 0.1) is 11.8 Å². The fourth-order valence-electron chi connectivity index (χ4n) is 4.06. The summed E-state index contributed by atoms with van der Waals surface area (Å²) in [6, 6.07) is 12.0. The van der Waals surface area contributed by atoms with E-state index >= 15 is 0 Å². The number of fused-ring (bicyclic) bond motifs is 1. The zero-order chi connectivity index (χ0) is 19.5. The number of allylic oxidation sites excluding steroid dienone is 2. The van der Waals surface area contributed by atoms with Crippen molar-refractivity contribution in [2.75, 3.05) is 13.8 Å². The van der Waals surface area contributed by atoms with Crippen molar-refractivity contribution in [3.8, 4) is 5.75 Å². The molecule has 0 N–H and O–H groups in total. The summed E-state index contributed by atoms with van der Waals surface area (Å²) < 4.78 is 5.49. The predicted molar refractivity (Wildman–Crippen MR) is 109 cm³/mol. The number of carbonyl (C=O) groups is 2. The van der Waals surface area contributed by atoms with Crippen molar-refractivity contribution < 1.29 is 14.3 Å². The fourth-order valence-corrected chi connectivity index (χ4v) is 4.81. The molecule has 1 aromatic carbocycles. The SMILES string of the molecule is COc1ccccc1CN(Cc1cccs1)CN1C(=O)[C@H]2CC=CC[C@@H]2C1=O. The Morgan fingerprint density at radius 1 is 1.04 bits per heavy atom. The Kier molecular flexibility index (Phi) is 5.59. The van der Waals surface area contributed by atoms with Crippen molar-refractivity contribution in [3.63, 3.8) is 0 Å². The van der Waals surface area contributed by atoms with Gasteiger partial charge >= 0.3 is 0 Å². The average Bonchev–Trinajstić information content (AvgIpc) is 3.31. The van der Waals surface area contributed by atoms with Gasteiger partial charge in [0.2, 0.25) is 11.8 Å². The minimum atomic E-state index is -0.188. The minimum Gasteiger partial charge on any atom is -0.496 e. The zero-order valence-electron chi connectivity index (χ0n) is 15.9. The van der Waals surface area contributed by atoms with Crippen LogP contribution in [0.25, 0.3) is 0 Å². The lowest BCUT2D eigenvalue weighted by atomic mass is 9.85. The number of carbonyl (C=O) groups excluding carboxylic acids is 2. The number of benzene rings is 1. The van der Waals surface area contributed by atoms with Crippen molar-refractivity contribution in [3.05, 3.63) is 64.4 Å². The Morgan fingerprint density at radius 2 is 1.75 bits per heavy atom. The molecule has 1 aromatic heterocycles. The normalized spacial score (nSPS) is 21.4. The number of amides is 2. The van der Waals surface area contributed by atoms with E-state index in [0.717, 1.165) is 11.3 Å². The highest BCUT2D eigenvalue weighted by Crippen LogP contribution is 2.35. The summed E-state index contributed by atoms with van der Waals surface area (Å²) in [5.41, 5.74) is 1.04. The average molecular weight is 397 g/mol. The van der Waals surface area contributed by atoms with Crippen LogP contribution in [0.5, 0.6) is 5.75 Å². The first-order chi connectivity index (χ1) is 13.7. The standard InChI is InChI=1S/C22H24N2O3S/c1-27-20-11-5-2-7-16(20)13-23(14-17-8-6-12-28-17)15-24-21(25)18-9-3-4-10-19(18)22(24)26/h2-8,11-12,18-19H,9-10,13-15H2,1H3/t18-,19-/m0/s1. The third-order valence-electron chi connectivity index (χ3n) is 5.49. The summed E-state index contributed by atoms with van der Waals surface area (Å²) in [7, 11) is 1.66. The molecule has 2 aromatic rings. The fraction of sp³-hybridized carbons (Fsp3) is 0.364. The summed E-state index contributed by atoms with van der Waals surface area (Å²) in [4.78, 5) is 30.6. The van der Waals surface area contributed by atoms with E-state index in [1.54, 1.807) is 18.4 Å². The van der Waals surface area contributed by atoms with Gasteiger partial charge < -0.3 is 4.74 Å². The number of rotatable bonds is 7. The molecule has 0 unspecified atom stereocenters. The summed E-state index contributed by atoms with van der Waals surface area (Å²) in [5.74, 6) is 0.376. The van der Waals surface area contributed by atoms with E-state index in [9.17, 15) is 9.59 Å². The van der Waals surface area contributed by atoms with Gasteiger partial charge in [-0.1, -0.05) is 36.4 Å². The Bertz CT molecular complexity index is 852. The maximum Gasteiger partial charge on any atom is 0.234 e. The lowest BCUT2D eigenvalue weighted by Crippen LogP contribution is -2.41. The Balaban J connectivity index is 1.55. The lowest BCUT2D eigenvalue weighted by molar-refractivity contribution is -0.142. The maximum atomic E-state index is 12.9. The summed E-state index contributed by atoms with van der Waals surface area (Å²) in [6.45, 7) is 1.59. The van der Waals surface area contributed by atoms with Crippen LogP contribution in [-0.2, 0) is 22.7 Å².